The van der Waals surface area contributed by atoms with Gasteiger partial charge in [0, 0.05) is 31.1 Å². The van der Waals surface area contributed by atoms with E-state index < -0.39 is 18.5 Å². The summed E-state index contributed by atoms with van der Waals surface area (Å²) in [6, 6.07) is 14.2. The number of hydrogen-bond donors (Lipinski definition) is 1. The fraction of sp³-hybridized carbons (Fsp3) is 0.286. The summed E-state index contributed by atoms with van der Waals surface area (Å²) >= 11 is 1.25. The number of rotatable bonds is 9. The van der Waals surface area contributed by atoms with Gasteiger partial charge in [0.15, 0.2) is 6.61 Å². The molecule has 0 bridgehead atoms. The SMILES string of the molecule is COc1ccccc1CNC(=O)COC(=O)c1ccccc1SCC(=O)N(C)C. The first-order valence-electron chi connectivity index (χ1n) is 8.90. The zero-order valence-corrected chi connectivity index (χ0v) is 17.5. The summed E-state index contributed by atoms with van der Waals surface area (Å²) in [6.45, 7) is -0.136. The van der Waals surface area contributed by atoms with Gasteiger partial charge in [0.05, 0.1) is 18.4 Å². The normalized spacial score (nSPS) is 10.2. The summed E-state index contributed by atoms with van der Waals surface area (Å²) in [5.41, 5.74) is 1.14. The van der Waals surface area contributed by atoms with Crippen molar-refractivity contribution < 1.29 is 23.9 Å². The molecule has 154 valence electrons. The summed E-state index contributed by atoms with van der Waals surface area (Å²) in [5.74, 6) is -0.219. The van der Waals surface area contributed by atoms with E-state index in [2.05, 4.69) is 5.32 Å². The molecule has 0 aromatic heterocycles. The number of benzene rings is 2. The van der Waals surface area contributed by atoms with Crippen LogP contribution in [0, 0.1) is 0 Å². The second kappa shape index (κ2) is 11.1. The van der Waals surface area contributed by atoms with Crippen LogP contribution in [0.3, 0.4) is 0 Å². The van der Waals surface area contributed by atoms with Crippen molar-refractivity contribution in [2.45, 2.75) is 11.4 Å². The molecule has 2 rings (SSSR count). The molecule has 1 N–H and O–H groups in total. The predicted molar refractivity (Wildman–Crippen MR) is 111 cm³/mol. The Morgan fingerprint density at radius 1 is 1.03 bits per heavy atom. The molecule has 7 nitrogen and oxygen atoms in total. The van der Waals surface area contributed by atoms with Crippen molar-refractivity contribution in [1.29, 1.82) is 0 Å². The second-order valence-electron chi connectivity index (χ2n) is 6.24. The number of methoxy groups -OCH3 is 1. The molecule has 0 radical (unpaired) electrons. The summed E-state index contributed by atoms with van der Waals surface area (Å²) in [6.07, 6.45) is 0. The molecule has 2 aromatic carbocycles. The Balaban J connectivity index is 1.88. The number of para-hydroxylation sites is 1. The lowest BCUT2D eigenvalue weighted by molar-refractivity contribution is -0.126. The van der Waals surface area contributed by atoms with Crippen LogP contribution >= 0.6 is 11.8 Å². The van der Waals surface area contributed by atoms with Crippen LogP contribution in [-0.2, 0) is 20.9 Å². The van der Waals surface area contributed by atoms with Crippen molar-refractivity contribution in [2.75, 3.05) is 33.6 Å². The number of carbonyl (C=O) groups is 3. The van der Waals surface area contributed by atoms with E-state index in [1.54, 1.807) is 51.5 Å². The van der Waals surface area contributed by atoms with E-state index in [-0.39, 0.29) is 18.2 Å². The average molecular weight is 416 g/mol. The third kappa shape index (κ3) is 6.83. The van der Waals surface area contributed by atoms with Gasteiger partial charge in [0.2, 0.25) is 5.91 Å². The van der Waals surface area contributed by atoms with E-state index in [1.807, 2.05) is 18.2 Å². The van der Waals surface area contributed by atoms with Crippen molar-refractivity contribution >= 4 is 29.5 Å². The molecule has 0 spiro atoms. The van der Waals surface area contributed by atoms with E-state index in [9.17, 15) is 14.4 Å². The van der Waals surface area contributed by atoms with E-state index in [4.69, 9.17) is 9.47 Å². The van der Waals surface area contributed by atoms with Crippen molar-refractivity contribution in [1.82, 2.24) is 10.2 Å². The molecule has 0 atom stereocenters. The highest BCUT2D eigenvalue weighted by molar-refractivity contribution is 8.00. The second-order valence-corrected chi connectivity index (χ2v) is 7.25. The molecule has 0 saturated carbocycles. The molecule has 0 aliphatic carbocycles. The van der Waals surface area contributed by atoms with Crippen LogP contribution in [0.5, 0.6) is 5.75 Å². The summed E-state index contributed by atoms with van der Waals surface area (Å²) in [7, 11) is 4.91. The highest BCUT2D eigenvalue weighted by Crippen LogP contribution is 2.23. The first-order valence-corrected chi connectivity index (χ1v) is 9.88. The van der Waals surface area contributed by atoms with Gasteiger partial charge in [-0.05, 0) is 18.2 Å². The van der Waals surface area contributed by atoms with Crippen LogP contribution in [0.2, 0.25) is 0 Å². The Morgan fingerprint density at radius 3 is 2.45 bits per heavy atom. The molecule has 0 fully saturated rings. The molecule has 2 aromatic rings. The predicted octanol–water partition coefficient (Wildman–Crippen LogP) is 2.35. The Bertz CT molecular complexity index is 870. The van der Waals surface area contributed by atoms with Crippen LogP contribution in [0.1, 0.15) is 15.9 Å². The van der Waals surface area contributed by atoms with Crippen molar-refractivity contribution in [3.63, 3.8) is 0 Å². The third-order valence-corrected chi connectivity index (χ3v) is 5.02. The van der Waals surface area contributed by atoms with Crippen LogP contribution < -0.4 is 10.1 Å². The quantitative estimate of drug-likeness (QED) is 0.499. The molecule has 2 amide bonds. The topological polar surface area (TPSA) is 84.9 Å². The average Bonchev–Trinajstić information content (AvgIpc) is 2.74. The smallest absolute Gasteiger partial charge is 0.339 e. The highest BCUT2D eigenvalue weighted by atomic mass is 32.2. The van der Waals surface area contributed by atoms with Gasteiger partial charge < -0.3 is 19.7 Å². The lowest BCUT2D eigenvalue weighted by atomic mass is 10.2. The van der Waals surface area contributed by atoms with Crippen molar-refractivity contribution in [3.8, 4) is 5.75 Å². The van der Waals surface area contributed by atoms with Crippen LogP contribution in [0.4, 0.5) is 0 Å². The Morgan fingerprint density at radius 2 is 1.72 bits per heavy atom. The molecule has 0 heterocycles. The van der Waals surface area contributed by atoms with E-state index in [1.165, 1.54) is 16.7 Å². The highest BCUT2D eigenvalue weighted by Gasteiger charge is 2.16. The van der Waals surface area contributed by atoms with Crippen LogP contribution in [0.15, 0.2) is 53.4 Å². The van der Waals surface area contributed by atoms with Gasteiger partial charge in [-0.25, -0.2) is 4.79 Å². The maximum Gasteiger partial charge on any atom is 0.339 e. The lowest BCUT2D eigenvalue weighted by Gasteiger charge is -2.12. The summed E-state index contributed by atoms with van der Waals surface area (Å²) in [4.78, 5) is 38.3. The summed E-state index contributed by atoms with van der Waals surface area (Å²) < 4.78 is 10.4. The Labute approximate surface area is 174 Å². The van der Waals surface area contributed by atoms with Crippen molar-refractivity contribution in [2.24, 2.45) is 0 Å². The number of thioether (sulfide) groups is 1. The zero-order valence-electron chi connectivity index (χ0n) is 16.6. The minimum Gasteiger partial charge on any atom is -0.496 e. The summed E-state index contributed by atoms with van der Waals surface area (Å²) in [5, 5.41) is 2.70. The van der Waals surface area contributed by atoms with Gasteiger partial charge in [-0.2, -0.15) is 0 Å². The number of carbonyl (C=O) groups excluding carboxylic acids is 3. The number of ether oxygens (including phenoxy) is 2. The fourth-order valence-electron chi connectivity index (χ4n) is 2.33. The molecule has 0 unspecified atom stereocenters. The standard InChI is InChI=1S/C21H24N2O5S/c1-23(2)20(25)14-29-18-11-7-5-9-16(18)21(26)28-13-19(24)22-12-15-8-4-6-10-17(15)27-3/h4-11H,12-14H2,1-3H3,(H,22,24). The first-order chi connectivity index (χ1) is 13.9. The maximum atomic E-state index is 12.4. The van der Waals surface area contributed by atoms with E-state index in [0.29, 0.717) is 16.2 Å². The molecule has 0 aliphatic rings. The zero-order chi connectivity index (χ0) is 21.2. The van der Waals surface area contributed by atoms with Gasteiger partial charge in [-0.3, -0.25) is 9.59 Å². The van der Waals surface area contributed by atoms with Crippen LogP contribution in [0.25, 0.3) is 0 Å². The molecular weight excluding hydrogens is 392 g/mol. The molecule has 0 aliphatic heterocycles. The fourth-order valence-corrected chi connectivity index (χ4v) is 3.35. The number of hydrogen-bond acceptors (Lipinski definition) is 6. The lowest BCUT2D eigenvalue weighted by Crippen LogP contribution is -2.28. The third-order valence-electron chi connectivity index (χ3n) is 3.96. The monoisotopic (exact) mass is 416 g/mol. The number of esters is 1. The van der Waals surface area contributed by atoms with Gasteiger partial charge >= 0.3 is 5.97 Å². The first kappa shape index (κ1) is 22.3. The van der Waals surface area contributed by atoms with Gasteiger partial charge in [0.1, 0.15) is 5.75 Å². The number of nitrogens with zero attached hydrogens (tertiary/aromatic N) is 1. The Kier molecular flexibility index (Phi) is 8.54. The van der Waals surface area contributed by atoms with E-state index in [0.717, 1.165) is 5.56 Å². The minimum absolute atomic E-state index is 0.0612. The minimum atomic E-state index is -0.613. The molecule has 29 heavy (non-hydrogen) atoms. The molecule has 0 saturated heterocycles. The van der Waals surface area contributed by atoms with Crippen LogP contribution in [-0.4, -0.2) is 56.2 Å². The Hall–Kier alpha value is -3.00. The van der Waals surface area contributed by atoms with Gasteiger partial charge in [-0.1, -0.05) is 30.3 Å². The molecular formula is C21H24N2O5S. The van der Waals surface area contributed by atoms with E-state index >= 15 is 0 Å². The number of amides is 2. The van der Waals surface area contributed by atoms with Gasteiger partial charge in [-0.15, -0.1) is 11.8 Å². The van der Waals surface area contributed by atoms with Gasteiger partial charge in [0.25, 0.3) is 5.91 Å². The largest absolute Gasteiger partial charge is 0.496 e. The molecule has 8 heteroatoms. The number of nitrogens with one attached hydrogen (secondary N) is 1. The maximum absolute atomic E-state index is 12.4. The van der Waals surface area contributed by atoms with Crippen molar-refractivity contribution in [3.05, 3.63) is 59.7 Å².